The van der Waals surface area contributed by atoms with Crippen molar-refractivity contribution < 1.29 is 14.6 Å². The molecule has 4 nitrogen and oxygen atoms in total. The molecule has 0 aromatic carbocycles. The first kappa shape index (κ1) is 8.23. The summed E-state index contributed by atoms with van der Waals surface area (Å²) in [6, 6.07) is 0. The number of aliphatic hydroxyl groups is 1. The van der Waals surface area contributed by atoms with Crippen LogP contribution in [0.4, 0.5) is 4.79 Å². The molecule has 0 heterocycles. The minimum Gasteiger partial charge on any atom is -0.453 e. The second-order valence-corrected chi connectivity index (χ2v) is 1.72. The van der Waals surface area contributed by atoms with Crippen molar-refractivity contribution in [3.63, 3.8) is 0 Å². The van der Waals surface area contributed by atoms with Crippen LogP contribution in [0, 0.1) is 0 Å². The van der Waals surface area contributed by atoms with Crippen molar-refractivity contribution in [3.8, 4) is 0 Å². The molecule has 0 spiro atoms. The maximum Gasteiger partial charge on any atom is 0.406 e. The van der Waals surface area contributed by atoms with E-state index in [1.54, 1.807) is 6.92 Å². The second-order valence-electron chi connectivity index (χ2n) is 1.72. The average molecular weight is 133 g/mol. The summed E-state index contributed by atoms with van der Waals surface area (Å²) in [5.74, 6) is 0. The van der Waals surface area contributed by atoms with E-state index in [4.69, 9.17) is 5.11 Å². The Morgan fingerprint density at radius 1 is 1.89 bits per heavy atom. The Bertz CT molecular complexity index is 92.2. The highest BCUT2D eigenvalue weighted by Crippen LogP contribution is 1.75. The number of aliphatic hydroxyl groups excluding tert-OH is 1. The lowest BCUT2D eigenvalue weighted by molar-refractivity contribution is 0.153. The summed E-state index contributed by atoms with van der Waals surface area (Å²) < 4.78 is 4.24. The van der Waals surface area contributed by atoms with E-state index in [2.05, 4.69) is 10.1 Å². The summed E-state index contributed by atoms with van der Waals surface area (Å²) in [6.45, 7) is 1.81. The van der Waals surface area contributed by atoms with Gasteiger partial charge in [0.25, 0.3) is 0 Å². The summed E-state index contributed by atoms with van der Waals surface area (Å²) in [4.78, 5) is 10.3. The molecule has 0 aromatic rings. The van der Waals surface area contributed by atoms with Crippen molar-refractivity contribution in [1.29, 1.82) is 0 Å². The molecule has 0 aliphatic heterocycles. The van der Waals surface area contributed by atoms with E-state index in [0.29, 0.717) is 0 Å². The standard InChI is InChI=1S/C5H11NO3/c1-4(7)3-6-5(8)9-2/h4,7H,3H2,1-2H3,(H,6,8). The molecule has 0 fully saturated rings. The van der Waals surface area contributed by atoms with Crippen molar-refractivity contribution in [1.82, 2.24) is 5.32 Å². The van der Waals surface area contributed by atoms with Gasteiger partial charge in [-0.05, 0) is 6.92 Å². The molecule has 0 aliphatic carbocycles. The highest BCUT2D eigenvalue weighted by atomic mass is 16.5. The topological polar surface area (TPSA) is 58.6 Å². The van der Waals surface area contributed by atoms with E-state index >= 15 is 0 Å². The van der Waals surface area contributed by atoms with Gasteiger partial charge in [-0.1, -0.05) is 0 Å². The van der Waals surface area contributed by atoms with Crippen LogP contribution >= 0.6 is 0 Å². The monoisotopic (exact) mass is 133 g/mol. The molecule has 0 radical (unpaired) electrons. The predicted molar refractivity (Wildman–Crippen MR) is 32.1 cm³/mol. The van der Waals surface area contributed by atoms with Crippen LogP contribution in [-0.2, 0) is 4.74 Å². The molecule has 0 rings (SSSR count). The Kier molecular flexibility index (Phi) is 3.79. The van der Waals surface area contributed by atoms with Crippen molar-refractivity contribution in [2.75, 3.05) is 13.7 Å². The minimum absolute atomic E-state index is 0.229. The van der Waals surface area contributed by atoms with E-state index in [0.717, 1.165) is 0 Å². The third kappa shape index (κ3) is 5.10. The first-order valence-electron chi connectivity index (χ1n) is 2.66. The zero-order valence-corrected chi connectivity index (χ0v) is 5.55. The lowest BCUT2D eigenvalue weighted by atomic mass is 10.4. The van der Waals surface area contributed by atoms with Crippen molar-refractivity contribution >= 4 is 6.09 Å². The van der Waals surface area contributed by atoms with Crippen LogP contribution in [0.2, 0.25) is 0 Å². The second kappa shape index (κ2) is 4.14. The van der Waals surface area contributed by atoms with E-state index in [1.807, 2.05) is 0 Å². The molecule has 0 aromatic heterocycles. The Morgan fingerprint density at radius 2 is 2.44 bits per heavy atom. The third-order valence-electron chi connectivity index (χ3n) is 0.727. The number of rotatable bonds is 2. The Morgan fingerprint density at radius 3 is 2.78 bits per heavy atom. The molecule has 4 heteroatoms. The van der Waals surface area contributed by atoms with E-state index < -0.39 is 12.2 Å². The van der Waals surface area contributed by atoms with Gasteiger partial charge in [-0.15, -0.1) is 0 Å². The number of ether oxygens (including phenoxy) is 1. The number of alkyl carbamates (subject to hydrolysis) is 1. The minimum atomic E-state index is -0.524. The molecule has 54 valence electrons. The first-order valence-corrected chi connectivity index (χ1v) is 2.66. The summed E-state index contributed by atoms with van der Waals surface area (Å²) in [5, 5.41) is 10.9. The molecule has 0 saturated carbocycles. The van der Waals surface area contributed by atoms with Crippen LogP contribution < -0.4 is 5.32 Å². The Labute approximate surface area is 53.8 Å². The summed E-state index contributed by atoms with van der Waals surface area (Å²) in [6.07, 6.45) is -1.04. The van der Waals surface area contributed by atoms with Crippen LogP contribution in [0.3, 0.4) is 0 Å². The Balaban J connectivity index is 3.17. The molecule has 0 aliphatic rings. The Hall–Kier alpha value is -0.770. The van der Waals surface area contributed by atoms with Gasteiger partial charge in [0.1, 0.15) is 0 Å². The lowest BCUT2D eigenvalue weighted by Crippen LogP contribution is -2.30. The number of carbonyl (C=O) groups excluding carboxylic acids is 1. The van der Waals surface area contributed by atoms with Crippen LogP contribution in [0.1, 0.15) is 6.92 Å². The molecular weight excluding hydrogens is 122 g/mol. The van der Waals surface area contributed by atoms with Crippen LogP contribution in [0.5, 0.6) is 0 Å². The quantitative estimate of drug-likeness (QED) is 0.544. The van der Waals surface area contributed by atoms with Crippen molar-refractivity contribution in [2.24, 2.45) is 0 Å². The third-order valence-corrected chi connectivity index (χ3v) is 0.727. The van der Waals surface area contributed by atoms with Gasteiger partial charge in [0.05, 0.1) is 13.2 Å². The van der Waals surface area contributed by atoms with Crippen molar-refractivity contribution in [3.05, 3.63) is 0 Å². The van der Waals surface area contributed by atoms with Gasteiger partial charge < -0.3 is 15.2 Å². The lowest BCUT2D eigenvalue weighted by Gasteiger charge is -2.03. The molecular formula is C5H11NO3. The number of methoxy groups -OCH3 is 1. The molecule has 1 atom stereocenters. The fourth-order valence-electron chi connectivity index (χ4n) is 0.303. The normalized spacial score (nSPS) is 12.3. The number of hydrogen-bond donors (Lipinski definition) is 2. The zero-order valence-electron chi connectivity index (χ0n) is 5.55. The summed E-state index contributed by atoms with van der Waals surface area (Å²) in [7, 11) is 1.28. The highest BCUT2D eigenvalue weighted by molar-refractivity contribution is 5.66. The van der Waals surface area contributed by atoms with Gasteiger partial charge >= 0.3 is 6.09 Å². The predicted octanol–water partition coefficient (Wildman–Crippen LogP) is -0.277. The molecule has 1 unspecified atom stereocenters. The molecule has 0 saturated heterocycles. The van der Waals surface area contributed by atoms with Gasteiger partial charge in [0.2, 0.25) is 0 Å². The number of hydrogen-bond acceptors (Lipinski definition) is 3. The van der Waals surface area contributed by atoms with Crippen LogP contribution in [-0.4, -0.2) is 31.0 Å². The van der Waals surface area contributed by atoms with Gasteiger partial charge in [-0.25, -0.2) is 4.79 Å². The van der Waals surface area contributed by atoms with E-state index in [-0.39, 0.29) is 6.54 Å². The molecule has 2 N–H and O–H groups in total. The maximum absolute atomic E-state index is 10.3. The zero-order chi connectivity index (χ0) is 7.28. The van der Waals surface area contributed by atoms with Gasteiger partial charge in [0.15, 0.2) is 0 Å². The largest absolute Gasteiger partial charge is 0.453 e. The smallest absolute Gasteiger partial charge is 0.406 e. The van der Waals surface area contributed by atoms with Crippen molar-refractivity contribution in [2.45, 2.75) is 13.0 Å². The number of nitrogens with one attached hydrogen (secondary N) is 1. The van der Waals surface area contributed by atoms with Gasteiger partial charge in [-0.3, -0.25) is 0 Å². The molecule has 1 amide bonds. The van der Waals surface area contributed by atoms with E-state index in [9.17, 15) is 4.79 Å². The number of carbonyl (C=O) groups is 1. The average Bonchev–Trinajstić information content (AvgIpc) is 1.83. The first-order chi connectivity index (χ1) is 4.16. The van der Waals surface area contributed by atoms with Crippen LogP contribution in [0.25, 0.3) is 0 Å². The summed E-state index contributed by atoms with van der Waals surface area (Å²) in [5.41, 5.74) is 0. The van der Waals surface area contributed by atoms with Crippen LogP contribution in [0.15, 0.2) is 0 Å². The molecule has 0 bridgehead atoms. The van der Waals surface area contributed by atoms with Gasteiger partial charge in [0, 0.05) is 6.54 Å². The maximum atomic E-state index is 10.3. The SMILES string of the molecule is COC(=O)NCC(C)O. The highest BCUT2D eigenvalue weighted by Gasteiger charge is 1.98. The molecule has 9 heavy (non-hydrogen) atoms. The van der Waals surface area contributed by atoms with Gasteiger partial charge in [-0.2, -0.15) is 0 Å². The number of amides is 1. The van der Waals surface area contributed by atoms with E-state index in [1.165, 1.54) is 7.11 Å². The summed E-state index contributed by atoms with van der Waals surface area (Å²) >= 11 is 0. The fourth-order valence-corrected chi connectivity index (χ4v) is 0.303. The fraction of sp³-hybridized carbons (Fsp3) is 0.800.